The number of amides is 1. The van der Waals surface area contributed by atoms with Crippen LogP contribution in [0.15, 0.2) is 36.8 Å². The zero-order chi connectivity index (χ0) is 21.6. The van der Waals surface area contributed by atoms with E-state index in [1.165, 1.54) is 18.4 Å². The van der Waals surface area contributed by atoms with Crippen LogP contribution in [0.2, 0.25) is 0 Å². The summed E-state index contributed by atoms with van der Waals surface area (Å²) in [7, 11) is 1.71. The first-order valence-electron chi connectivity index (χ1n) is 11.7. The number of hydrogen-bond donors (Lipinski definition) is 0. The van der Waals surface area contributed by atoms with Crippen molar-refractivity contribution in [1.29, 1.82) is 0 Å². The van der Waals surface area contributed by atoms with Crippen LogP contribution in [0.5, 0.6) is 5.75 Å². The lowest BCUT2D eigenvalue weighted by Gasteiger charge is -2.28. The minimum Gasteiger partial charge on any atom is -0.497 e. The fraction of sp³-hybridized carbons (Fsp3) is 0.600. The zero-order valence-corrected chi connectivity index (χ0v) is 19.0. The van der Waals surface area contributed by atoms with Crippen molar-refractivity contribution in [3.8, 4) is 5.75 Å². The van der Waals surface area contributed by atoms with E-state index in [9.17, 15) is 4.79 Å². The largest absolute Gasteiger partial charge is 0.497 e. The highest BCUT2D eigenvalue weighted by atomic mass is 16.5. The number of methoxy groups -OCH3 is 1. The molecule has 6 heteroatoms. The lowest BCUT2D eigenvalue weighted by atomic mass is 9.75. The van der Waals surface area contributed by atoms with Crippen LogP contribution in [-0.2, 0) is 11.3 Å². The molecule has 3 fully saturated rings. The van der Waals surface area contributed by atoms with E-state index in [-0.39, 0.29) is 11.3 Å². The van der Waals surface area contributed by atoms with Crippen molar-refractivity contribution in [2.75, 3.05) is 33.3 Å². The first-order chi connectivity index (χ1) is 15.0. The SMILES string of the molecule is COc1cccc(CN2CC(c3cn(C(C)C)cn3)C3(CCN(CC4CC4)C3=O)C2)c1. The molecule has 3 heterocycles. The van der Waals surface area contributed by atoms with E-state index >= 15 is 0 Å². The molecule has 2 unspecified atom stereocenters. The number of aromatic nitrogens is 2. The molecule has 3 aliphatic rings. The number of likely N-dealkylation sites (tertiary alicyclic amines) is 2. The Hall–Kier alpha value is -2.34. The summed E-state index contributed by atoms with van der Waals surface area (Å²) < 4.78 is 7.57. The van der Waals surface area contributed by atoms with Gasteiger partial charge < -0.3 is 14.2 Å². The molecule has 2 aromatic rings. The van der Waals surface area contributed by atoms with Crippen molar-refractivity contribution in [3.05, 3.63) is 48.0 Å². The van der Waals surface area contributed by atoms with Gasteiger partial charge in [0, 0.05) is 50.9 Å². The van der Waals surface area contributed by atoms with E-state index in [1.54, 1.807) is 7.11 Å². The van der Waals surface area contributed by atoms with Gasteiger partial charge in [-0.15, -0.1) is 0 Å². The Morgan fingerprint density at radius 1 is 1.29 bits per heavy atom. The summed E-state index contributed by atoms with van der Waals surface area (Å²) in [4.78, 5) is 23.1. The Balaban J connectivity index is 1.42. The molecule has 2 aliphatic heterocycles. The van der Waals surface area contributed by atoms with Crippen LogP contribution in [0.4, 0.5) is 0 Å². The Morgan fingerprint density at radius 2 is 2.13 bits per heavy atom. The van der Waals surface area contributed by atoms with Gasteiger partial charge in [0.15, 0.2) is 0 Å². The number of carbonyl (C=O) groups is 1. The van der Waals surface area contributed by atoms with Crippen LogP contribution < -0.4 is 4.74 Å². The maximum Gasteiger partial charge on any atom is 0.230 e. The molecule has 0 radical (unpaired) electrons. The molecule has 2 atom stereocenters. The lowest BCUT2D eigenvalue weighted by Crippen LogP contribution is -2.40. The average molecular weight is 423 g/mol. The minimum absolute atomic E-state index is 0.148. The van der Waals surface area contributed by atoms with Gasteiger partial charge in [0.1, 0.15) is 5.75 Å². The maximum atomic E-state index is 13.8. The van der Waals surface area contributed by atoms with Crippen LogP contribution in [-0.4, -0.2) is 58.5 Å². The number of benzene rings is 1. The number of carbonyl (C=O) groups excluding carboxylic acids is 1. The van der Waals surface area contributed by atoms with Crippen LogP contribution in [0.1, 0.15) is 56.3 Å². The van der Waals surface area contributed by atoms with Crippen LogP contribution in [0.3, 0.4) is 0 Å². The third-order valence-electron chi connectivity index (χ3n) is 7.45. The third kappa shape index (κ3) is 3.86. The Labute approximate surface area is 185 Å². The van der Waals surface area contributed by atoms with Crippen molar-refractivity contribution in [1.82, 2.24) is 19.4 Å². The minimum atomic E-state index is -0.343. The average Bonchev–Trinajstić information content (AvgIpc) is 3.18. The van der Waals surface area contributed by atoms with Crippen molar-refractivity contribution < 1.29 is 9.53 Å². The van der Waals surface area contributed by atoms with Crippen LogP contribution in [0.25, 0.3) is 0 Å². The molecule has 2 saturated heterocycles. The molecule has 5 rings (SSSR count). The van der Waals surface area contributed by atoms with Crippen molar-refractivity contribution >= 4 is 5.91 Å². The second-order valence-corrected chi connectivity index (χ2v) is 10.0. The van der Waals surface area contributed by atoms with E-state index in [2.05, 4.69) is 46.5 Å². The monoisotopic (exact) mass is 422 g/mol. The summed E-state index contributed by atoms with van der Waals surface area (Å²) in [5.74, 6) is 2.12. The van der Waals surface area contributed by atoms with Gasteiger partial charge in [0.25, 0.3) is 0 Å². The van der Waals surface area contributed by atoms with E-state index in [0.29, 0.717) is 11.9 Å². The summed E-state index contributed by atoms with van der Waals surface area (Å²) in [6.45, 7) is 8.69. The molecule has 1 spiro atoms. The predicted molar refractivity (Wildman–Crippen MR) is 120 cm³/mol. The predicted octanol–water partition coefficient (Wildman–Crippen LogP) is 3.70. The number of imidazole rings is 1. The molecular formula is C25H34N4O2. The van der Waals surface area contributed by atoms with Crippen molar-refractivity contribution in [2.45, 2.75) is 51.6 Å². The summed E-state index contributed by atoms with van der Waals surface area (Å²) in [5, 5.41) is 0. The second-order valence-electron chi connectivity index (χ2n) is 10.0. The van der Waals surface area contributed by atoms with Gasteiger partial charge >= 0.3 is 0 Å². The molecule has 1 aromatic heterocycles. The Morgan fingerprint density at radius 3 is 2.84 bits per heavy atom. The van der Waals surface area contributed by atoms with Crippen LogP contribution in [0, 0.1) is 11.3 Å². The van der Waals surface area contributed by atoms with Crippen LogP contribution >= 0.6 is 0 Å². The molecule has 0 N–H and O–H groups in total. The number of nitrogens with zero attached hydrogens (tertiary/aromatic N) is 4. The highest BCUT2D eigenvalue weighted by molar-refractivity contribution is 5.87. The Bertz CT molecular complexity index is 951. The van der Waals surface area contributed by atoms with Gasteiger partial charge in [-0.25, -0.2) is 4.98 Å². The van der Waals surface area contributed by atoms with Crippen molar-refractivity contribution in [2.24, 2.45) is 11.3 Å². The van der Waals surface area contributed by atoms with Gasteiger partial charge in [0.2, 0.25) is 5.91 Å². The van der Waals surface area contributed by atoms with Gasteiger partial charge in [-0.05, 0) is 56.7 Å². The summed E-state index contributed by atoms with van der Waals surface area (Å²) in [5.41, 5.74) is 1.95. The summed E-state index contributed by atoms with van der Waals surface area (Å²) in [6.07, 6.45) is 7.59. The molecule has 1 aromatic carbocycles. The third-order valence-corrected chi connectivity index (χ3v) is 7.45. The second kappa shape index (κ2) is 7.97. The molecule has 6 nitrogen and oxygen atoms in total. The summed E-state index contributed by atoms with van der Waals surface area (Å²) in [6, 6.07) is 8.64. The fourth-order valence-electron chi connectivity index (χ4n) is 5.46. The van der Waals surface area contributed by atoms with Gasteiger partial charge in [-0.2, -0.15) is 0 Å². The maximum absolute atomic E-state index is 13.8. The first kappa shape index (κ1) is 20.6. The highest BCUT2D eigenvalue weighted by Gasteiger charge is 2.58. The fourth-order valence-corrected chi connectivity index (χ4v) is 5.46. The molecule has 1 amide bonds. The van der Waals surface area contributed by atoms with Gasteiger partial charge in [-0.1, -0.05) is 12.1 Å². The van der Waals surface area contributed by atoms with E-state index in [1.807, 2.05) is 18.5 Å². The molecule has 1 saturated carbocycles. The van der Waals surface area contributed by atoms with Gasteiger partial charge in [-0.3, -0.25) is 9.69 Å². The molecule has 166 valence electrons. The molecule has 0 bridgehead atoms. The molecular weight excluding hydrogens is 388 g/mol. The molecule has 1 aliphatic carbocycles. The smallest absolute Gasteiger partial charge is 0.230 e. The standard InChI is InChI=1S/C25H34N4O2/c1-18(2)29-15-23(26-17-29)22-14-27(12-20-5-4-6-21(11-20)31-3)16-25(22)9-10-28(24(25)30)13-19-7-8-19/h4-6,11,15,17-19,22H,7-10,12-14,16H2,1-3H3. The topological polar surface area (TPSA) is 50.6 Å². The molecule has 31 heavy (non-hydrogen) atoms. The highest BCUT2D eigenvalue weighted by Crippen LogP contribution is 2.50. The van der Waals surface area contributed by atoms with E-state index in [4.69, 9.17) is 9.72 Å². The van der Waals surface area contributed by atoms with Gasteiger partial charge in [0.05, 0.1) is 24.5 Å². The quantitative estimate of drug-likeness (QED) is 0.683. The normalized spacial score (nSPS) is 26.5. The number of hydrogen-bond acceptors (Lipinski definition) is 4. The van der Waals surface area contributed by atoms with E-state index in [0.717, 1.165) is 56.5 Å². The first-order valence-corrected chi connectivity index (χ1v) is 11.7. The number of rotatable bonds is 7. The summed E-state index contributed by atoms with van der Waals surface area (Å²) >= 11 is 0. The van der Waals surface area contributed by atoms with E-state index < -0.39 is 0 Å². The Kier molecular flexibility index (Phi) is 5.29. The number of ether oxygens (including phenoxy) is 1. The zero-order valence-electron chi connectivity index (χ0n) is 19.0. The van der Waals surface area contributed by atoms with Crippen molar-refractivity contribution in [3.63, 3.8) is 0 Å². The lowest BCUT2D eigenvalue weighted by molar-refractivity contribution is -0.136.